The minimum absolute atomic E-state index is 0.406. The summed E-state index contributed by atoms with van der Waals surface area (Å²) in [5, 5.41) is 3.57. The van der Waals surface area contributed by atoms with E-state index in [1.54, 1.807) is 0 Å². The van der Waals surface area contributed by atoms with Crippen molar-refractivity contribution in [3.63, 3.8) is 0 Å². The third kappa shape index (κ3) is 1.95. The summed E-state index contributed by atoms with van der Waals surface area (Å²) < 4.78 is 5.48. The Morgan fingerprint density at radius 3 is 2.86 bits per heavy atom. The van der Waals surface area contributed by atoms with Gasteiger partial charge in [-0.25, -0.2) is 0 Å². The SMILES string of the molecule is CCN1CCCNCC12CCOCC2. The summed E-state index contributed by atoms with van der Waals surface area (Å²) in [6, 6.07) is 0. The third-order valence-corrected chi connectivity index (χ3v) is 3.71. The lowest BCUT2D eigenvalue weighted by Crippen LogP contribution is -2.56. The van der Waals surface area contributed by atoms with Gasteiger partial charge in [0.25, 0.3) is 0 Å². The molecule has 2 aliphatic rings. The monoisotopic (exact) mass is 198 g/mol. The van der Waals surface area contributed by atoms with Crippen molar-refractivity contribution in [2.75, 3.05) is 39.4 Å². The lowest BCUT2D eigenvalue weighted by Gasteiger charge is -2.45. The molecule has 0 radical (unpaired) electrons. The zero-order valence-corrected chi connectivity index (χ0v) is 9.22. The van der Waals surface area contributed by atoms with Gasteiger partial charge in [-0.1, -0.05) is 6.92 Å². The van der Waals surface area contributed by atoms with E-state index in [2.05, 4.69) is 17.1 Å². The number of hydrogen-bond donors (Lipinski definition) is 1. The summed E-state index contributed by atoms with van der Waals surface area (Å²) in [6.07, 6.45) is 3.69. The minimum Gasteiger partial charge on any atom is -0.381 e. The van der Waals surface area contributed by atoms with Crippen LogP contribution >= 0.6 is 0 Å². The van der Waals surface area contributed by atoms with E-state index in [0.717, 1.165) is 19.8 Å². The van der Waals surface area contributed by atoms with Crippen molar-refractivity contribution < 1.29 is 4.74 Å². The van der Waals surface area contributed by atoms with Gasteiger partial charge in [-0.3, -0.25) is 4.90 Å². The molecule has 0 aliphatic carbocycles. The number of ether oxygens (including phenoxy) is 1. The number of nitrogens with zero attached hydrogens (tertiary/aromatic N) is 1. The van der Waals surface area contributed by atoms with Gasteiger partial charge in [0, 0.05) is 25.3 Å². The molecule has 0 aromatic heterocycles. The summed E-state index contributed by atoms with van der Waals surface area (Å²) >= 11 is 0. The highest BCUT2D eigenvalue weighted by molar-refractivity contribution is 4.95. The Labute approximate surface area is 86.8 Å². The predicted molar refractivity (Wildman–Crippen MR) is 57.5 cm³/mol. The number of nitrogens with one attached hydrogen (secondary N) is 1. The molecule has 2 fully saturated rings. The van der Waals surface area contributed by atoms with Crippen LogP contribution in [0.25, 0.3) is 0 Å². The van der Waals surface area contributed by atoms with Gasteiger partial charge in [0.05, 0.1) is 0 Å². The number of rotatable bonds is 1. The smallest absolute Gasteiger partial charge is 0.0484 e. The maximum absolute atomic E-state index is 5.48. The van der Waals surface area contributed by atoms with Gasteiger partial charge in [0.2, 0.25) is 0 Å². The van der Waals surface area contributed by atoms with Crippen LogP contribution in [0.4, 0.5) is 0 Å². The second-order valence-corrected chi connectivity index (χ2v) is 4.45. The van der Waals surface area contributed by atoms with Crippen molar-refractivity contribution in [3.8, 4) is 0 Å². The fraction of sp³-hybridized carbons (Fsp3) is 1.00. The average Bonchev–Trinajstić information content (AvgIpc) is 2.42. The maximum Gasteiger partial charge on any atom is 0.0484 e. The second-order valence-electron chi connectivity index (χ2n) is 4.45. The summed E-state index contributed by atoms with van der Waals surface area (Å²) in [4.78, 5) is 2.66. The van der Waals surface area contributed by atoms with E-state index in [1.807, 2.05) is 0 Å². The van der Waals surface area contributed by atoms with Gasteiger partial charge in [-0.05, 0) is 38.9 Å². The number of likely N-dealkylation sites (N-methyl/N-ethyl adjacent to an activating group) is 1. The molecule has 0 atom stereocenters. The molecule has 2 saturated heterocycles. The van der Waals surface area contributed by atoms with Crippen molar-refractivity contribution in [1.82, 2.24) is 10.2 Å². The molecule has 3 nitrogen and oxygen atoms in total. The highest BCUT2D eigenvalue weighted by atomic mass is 16.5. The van der Waals surface area contributed by atoms with Crippen LogP contribution in [0.2, 0.25) is 0 Å². The van der Waals surface area contributed by atoms with Gasteiger partial charge in [-0.15, -0.1) is 0 Å². The highest BCUT2D eigenvalue weighted by Crippen LogP contribution is 2.28. The molecule has 2 rings (SSSR count). The van der Waals surface area contributed by atoms with E-state index >= 15 is 0 Å². The van der Waals surface area contributed by atoms with E-state index in [9.17, 15) is 0 Å². The lowest BCUT2D eigenvalue weighted by molar-refractivity contribution is -0.0206. The van der Waals surface area contributed by atoms with Gasteiger partial charge in [-0.2, -0.15) is 0 Å². The van der Waals surface area contributed by atoms with Crippen LogP contribution in [0.5, 0.6) is 0 Å². The molecule has 0 aromatic rings. The summed E-state index contributed by atoms with van der Waals surface area (Å²) in [7, 11) is 0. The van der Waals surface area contributed by atoms with Crippen LogP contribution in [0.3, 0.4) is 0 Å². The Morgan fingerprint density at radius 2 is 2.14 bits per heavy atom. The molecule has 0 aromatic carbocycles. The van der Waals surface area contributed by atoms with E-state index in [1.165, 1.54) is 38.9 Å². The van der Waals surface area contributed by atoms with Gasteiger partial charge < -0.3 is 10.1 Å². The summed E-state index contributed by atoms with van der Waals surface area (Å²) in [5.74, 6) is 0. The molecule has 1 N–H and O–H groups in total. The third-order valence-electron chi connectivity index (χ3n) is 3.71. The quantitative estimate of drug-likeness (QED) is 0.676. The molecule has 0 bridgehead atoms. The van der Waals surface area contributed by atoms with Gasteiger partial charge >= 0.3 is 0 Å². The largest absolute Gasteiger partial charge is 0.381 e. The molecule has 0 unspecified atom stereocenters. The highest BCUT2D eigenvalue weighted by Gasteiger charge is 2.38. The van der Waals surface area contributed by atoms with E-state index in [0.29, 0.717) is 5.54 Å². The molecule has 82 valence electrons. The zero-order chi connectivity index (χ0) is 9.86. The van der Waals surface area contributed by atoms with E-state index in [-0.39, 0.29) is 0 Å². The normalized spacial score (nSPS) is 28.9. The molecule has 2 heterocycles. The Bertz CT molecular complexity index is 178. The lowest BCUT2D eigenvalue weighted by atomic mass is 9.88. The fourth-order valence-electron chi connectivity index (χ4n) is 2.80. The van der Waals surface area contributed by atoms with Crippen LogP contribution < -0.4 is 5.32 Å². The topological polar surface area (TPSA) is 24.5 Å². The van der Waals surface area contributed by atoms with Crippen molar-refractivity contribution in [2.45, 2.75) is 31.7 Å². The first-order chi connectivity index (χ1) is 6.87. The first kappa shape index (κ1) is 10.4. The first-order valence-electron chi connectivity index (χ1n) is 5.91. The Balaban J connectivity index is 2.08. The molecule has 3 heteroatoms. The molecule has 0 amide bonds. The summed E-state index contributed by atoms with van der Waals surface area (Å²) in [5.41, 5.74) is 0.406. The van der Waals surface area contributed by atoms with Crippen molar-refractivity contribution in [2.24, 2.45) is 0 Å². The minimum atomic E-state index is 0.406. The molecule has 2 aliphatic heterocycles. The van der Waals surface area contributed by atoms with Crippen molar-refractivity contribution in [3.05, 3.63) is 0 Å². The molecular weight excluding hydrogens is 176 g/mol. The van der Waals surface area contributed by atoms with E-state index < -0.39 is 0 Å². The van der Waals surface area contributed by atoms with Crippen LogP contribution in [-0.2, 0) is 4.74 Å². The van der Waals surface area contributed by atoms with Gasteiger partial charge in [0.15, 0.2) is 0 Å². The molecular formula is C11H22N2O. The Kier molecular flexibility index (Phi) is 3.42. The first-order valence-corrected chi connectivity index (χ1v) is 5.91. The predicted octanol–water partition coefficient (Wildman–Crippen LogP) is 0.851. The summed E-state index contributed by atoms with van der Waals surface area (Å²) in [6.45, 7) is 8.94. The van der Waals surface area contributed by atoms with Crippen molar-refractivity contribution in [1.29, 1.82) is 0 Å². The second kappa shape index (κ2) is 4.60. The molecule has 0 saturated carbocycles. The van der Waals surface area contributed by atoms with Crippen LogP contribution in [0, 0.1) is 0 Å². The molecule has 14 heavy (non-hydrogen) atoms. The fourth-order valence-corrected chi connectivity index (χ4v) is 2.80. The van der Waals surface area contributed by atoms with E-state index in [4.69, 9.17) is 4.74 Å². The number of hydrogen-bond acceptors (Lipinski definition) is 3. The Hall–Kier alpha value is -0.120. The van der Waals surface area contributed by atoms with Gasteiger partial charge in [0.1, 0.15) is 0 Å². The average molecular weight is 198 g/mol. The van der Waals surface area contributed by atoms with Crippen LogP contribution in [-0.4, -0.2) is 49.8 Å². The standard InChI is InChI=1S/C11H22N2O/c1-2-13-7-3-6-12-10-11(13)4-8-14-9-5-11/h12H,2-10H2,1H3. The zero-order valence-electron chi connectivity index (χ0n) is 9.22. The Morgan fingerprint density at radius 1 is 1.36 bits per heavy atom. The van der Waals surface area contributed by atoms with Crippen LogP contribution in [0.15, 0.2) is 0 Å². The van der Waals surface area contributed by atoms with Crippen molar-refractivity contribution >= 4 is 0 Å². The maximum atomic E-state index is 5.48. The molecule has 1 spiro atoms. The van der Waals surface area contributed by atoms with Crippen LogP contribution in [0.1, 0.15) is 26.2 Å².